The highest BCUT2D eigenvalue weighted by atomic mass is 19.1. The van der Waals surface area contributed by atoms with Crippen LogP contribution in [0.2, 0.25) is 0 Å². The zero-order valence-electron chi connectivity index (χ0n) is 9.88. The molecule has 1 aromatic carbocycles. The number of pyridine rings is 1. The van der Waals surface area contributed by atoms with Crippen LogP contribution in [-0.2, 0) is 13.0 Å². The molecule has 3 heteroatoms. The number of nitrogens with zero attached hydrogens (tertiary/aromatic N) is 2. The maximum atomic E-state index is 13.1. The van der Waals surface area contributed by atoms with Crippen LogP contribution in [0.5, 0.6) is 0 Å². The van der Waals surface area contributed by atoms with E-state index in [9.17, 15) is 4.39 Å². The minimum Gasteiger partial charge on any atom is -0.347 e. The molecule has 18 heavy (non-hydrogen) atoms. The van der Waals surface area contributed by atoms with Crippen molar-refractivity contribution in [1.82, 2.24) is 9.55 Å². The summed E-state index contributed by atoms with van der Waals surface area (Å²) in [6.45, 7) is 0.876. The number of rotatable bonds is 3. The first-order chi connectivity index (χ1) is 8.83. The number of benzene rings is 1. The molecule has 0 bridgehead atoms. The molecule has 2 nitrogen and oxygen atoms in total. The standard InChI is InChI=1S/C15H13FN2/c16-14-3-4-15-13(10-14)6-9-18(15)8-5-12-2-1-7-17-11-12/h1-4,6-7,9-11H,5,8H2. The van der Waals surface area contributed by atoms with Gasteiger partial charge in [-0.15, -0.1) is 0 Å². The van der Waals surface area contributed by atoms with Crippen molar-refractivity contribution in [2.75, 3.05) is 0 Å². The van der Waals surface area contributed by atoms with Crippen molar-refractivity contribution >= 4 is 10.9 Å². The largest absolute Gasteiger partial charge is 0.347 e. The fourth-order valence-electron chi connectivity index (χ4n) is 2.16. The quantitative estimate of drug-likeness (QED) is 0.686. The third kappa shape index (κ3) is 2.12. The third-order valence-electron chi connectivity index (χ3n) is 3.10. The number of halogens is 1. The van der Waals surface area contributed by atoms with Crippen molar-refractivity contribution in [1.29, 1.82) is 0 Å². The Balaban J connectivity index is 1.83. The number of hydrogen-bond acceptors (Lipinski definition) is 1. The van der Waals surface area contributed by atoms with Crippen molar-refractivity contribution in [2.45, 2.75) is 13.0 Å². The highest BCUT2D eigenvalue weighted by molar-refractivity contribution is 5.80. The van der Waals surface area contributed by atoms with Gasteiger partial charge in [-0.1, -0.05) is 6.07 Å². The zero-order valence-corrected chi connectivity index (χ0v) is 9.88. The highest BCUT2D eigenvalue weighted by Crippen LogP contribution is 2.17. The number of aromatic nitrogens is 2. The van der Waals surface area contributed by atoms with E-state index in [1.165, 1.54) is 11.6 Å². The van der Waals surface area contributed by atoms with Crippen LogP contribution in [0.4, 0.5) is 4.39 Å². The summed E-state index contributed by atoms with van der Waals surface area (Å²) in [6.07, 6.45) is 6.58. The smallest absolute Gasteiger partial charge is 0.123 e. The second kappa shape index (κ2) is 4.61. The lowest BCUT2D eigenvalue weighted by Gasteiger charge is -2.05. The first kappa shape index (κ1) is 11.0. The van der Waals surface area contributed by atoms with Gasteiger partial charge in [-0.2, -0.15) is 0 Å². The molecule has 0 atom stereocenters. The molecule has 0 fully saturated rings. The molecule has 0 aliphatic heterocycles. The summed E-state index contributed by atoms with van der Waals surface area (Å²) in [7, 11) is 0. The maximum absolute atomic E-state index is 13.1. The average molecular weight is 240 g/mol. The van der Waals surface area contributed by atoms with Crippen LogP contribution in [0.25, 0.3) is 10.9 Å². The van der Waals surface area contributed by atoms with Gasteiger partial charge in [-0.25, -0.2) is 4.39 Å². The summed E-state index contributed by atoms with van der Waals surface area (Å²) in [6, 6.07) is 10.9. The monoisotopic (exact) mass is 240 g/mol. The van der Waals surface area contributed by atoms with E-state index in [0.717, 1.165) is 23.9 Å². The molecule has 0 saturated carbocycles. The maximum Gasteiger partial charge on any atom is 0.123 e. The molecule has 0 aliphatic carbocycles. The lowest BCUT2D eigenvalue weighted by molar-refractivity contribution is 0.629. The highest BCUT2D eigenvalue weighted by Gasteiger charge is 2.02. The van der Waals surface area contributed by atoms with Gasteiger partial charge in [0.15, 0.2) is 0 Å². The van der Waals surface area contributed by atoms with Crippen LogP contribution in [0.3, 0.4) is 0 Å². The molecule has 0 radical (unpaired) electrons. The molecule has 90 valence electrons. The van der Waals surface area contributed by atoms with Crippen LogP contribution in [0, 0.1) is 5.82 Å². The number of aryl methyl sites for hydroxylation is 2. The SMILES string of the molecule is Fc1ccc2c(ccn2CCc2cccnc2)c1. The van der Waals surface area contributed by atoms with Crippen LogP contribution in [-0.4, -0.2) is 9.55 Å². The van der Waals surface area contributed by atoms with Crippen LogP contribution in [0.15, 0.2) is 55.0 Å². The van der Waals surface area contributed by atoms with Gasteiger partial charge in [0, 0.05) is 36.0 Å². The predicted molar refractivity (Wildman–Crippen MR) is 69.8 cm³/mol. The van der Waals surface area contributed by atoms with E-state index < -0.39 is 0 Å². The Kier molecular flexibility index (Phi) is 2.81. The molecular weight excluding hydrogens is 227 g/mol. The summed E-state index contributed by atoms with van der Waals surface area (Å²) >= 11 is 0. The summed E-state index contributed by atoms with van der Waals surface area (Å²) in [4.78, 5) is 4.10. The van der Waals surface area contributed by atoms with Crippen molar-refractivity contribution in [3.05, 3.63) is 66.4 Å². The third-order valence-corrected chi connectivity index (χ3v) is 3.10. The Morgan fingerprint density at radius 2 is 2.11 bits per heavy atom. The average Bonchev–Trinajstić information content (AvgIpc) is 2.80. The first-order valence-corrected chi connectivity index (χ1v) is 5.96. The van der Waals surface area contributed by atoms with E-state index in [2.05, 4.69) is 15.6 Å². The molecule has 0 unspecified atom stereocenters. The minimum absolute atomic E-state index is 0.187. The Bertz CT molecular complexity index is 659. The van der Waals surface area contributed by atoms with Gasteiger partial charge in [0.25, 0.3) is 0 Å². The topological polar surface area (TPSA) is 17.8 Å². The van der Waals surface area contributed by atoms with Crippen LogP contribution < -0.4 is 0 Å². The number of fused-ring (bicyclic) bond motifs is 1. The Labute approximate surface area is 105 Å². The van der Waals surface area contributed by atoms with E-state index in [1.807, 2.05) is 30.6 Å². The lowest BCUT2D eigenvalue weighted by atomic mass is 10.2. The van der Waals surface area contributed by atoms with Crippen molar-refractivity contribution in [3.8, 4) is 0 Å². The summed E-state index contributed by atoms with van der Waals surface area (Å²) < 4.78 is 15.2. The molecular formula is C15H13FN2. The second-order valence-corrected chi connectivity index (χ2v) is 4.32. The Hall–Kier alpha value is -2.16. The molecule has 0 aliphatic rings. The molecule has 2 aromatic heterocycles. The number of hydrogen-bond donors (Lipinski definition) is 0. The van der Waals surface area contributed by atoms with Crippen LogP contribution >= 0.6 is 0 Å². The summed E-state index contributed by atoms with van der Waals surface area (Å²) in [5.41, 5.74) is 2.28. The van der Waals surface area contributed by atoms with Gasteiger partial charge in [0.05, 0.1) is 0 Å². The van der Waals surface area contributed by atoms with E-state index in [1.54, 1.807) is 12.3 Å². The Morgan fingerprint density at radius 1 is 1.17 bits per heavy atom. The molecule has 0 saturated heterocycles. The van der Waals surface area contributed by atoms with Gasteiger partial charge in [0.1, 0.15) is 5.82 Å². The lowest BCUT2D eigenvalue weighted by Crippen LogP contribution is -1.99. The van der Waals surface area contributed by atoms with Gasteiger partial charge < -0.3 is 4.57 Å². The first-order valence-electron chi connectivity index (χ1n) is 5.96. The summed E-state index contributed by atoms with van der Waals surface area (Å²) in [5, 5.41) is 0.946. The molecule has 3 aromatic rings. The summed E-state index contributed by atoms with van der Waals surface area (Å²) in [5.74, 6) is -0.187. The zero-order chi connectivity index (χ0) is 12.4. The fourth-order valence-corrected chi connectivity index (χ4v) is 2.16. The van der Waals surface area contributed by atoms with Crippen molar-refractivity contribution < 1.29 is 4.39 Å². The minimum atomic E-state index is -0.187. The van der Waals surface area contributed by atoms with E-state index in [0.29, 0.717) is 0 Å². The van der Waals surface area contributed by atoms with Crippen molar-refractivity contribution in [2.24, 2.45) is 0 Å². The molecule has 3 rings (SSSR count). The van der Waals surface area contributed by atoms with Crippen molar-refractivity contribution in [3.63, 3.8) is 0 Å². The van der Waals surface area contributed by atoms with E-state index >= 15 is 0 Å². The van der Waals surface area contributed by atoms with E-state index in [4.69, 9.17) is 0 Å². The van der Waals surface area contributed by atoms with E-state index in [-0.39, 0.29) is 5.82 Å². The normalized spacial score (nSPS) is 10.9. The van der Waals surface area contributed by atoms with Gasteiger partial charge in [0.2, 0.25) is 0 Å². The molecule has 0 amide bonds. The fraction of sp³-hybridized carbons (Fsp3) is 0.133. The van der Waals surface area contributed by atoms with Gasteiger partial charge in [-0.05, 0) is 42.3 Å². The predicted octanol–water partition coefficient (Wildman–Crippen LogP) is 3.42. The molecule has 2 heterocycles. The van der Waals surface area contributed by atoms with Gasteiger partial charge >= 0.3 is 0 Å². The van der Waals surface area contributed by atoms with Crippen LogP contribution in [0.1, 0.15) is 5.56 Å². The van der Waals surface area contributed by atoms with Gasteiger partial charge in [-0.3, -0.25) is 4.98 Å². The second-order valence-electron chi connectivity index (χ2n) is 4.32. The molecule has 0 spiro atoms. The Morgan fingerprint density at radius 3 is 2.94 bits per heavy atom. The molecule has 0 N–H and O–H groups in total.